The highest BCUT2D eigenvalue weighted by Gasteiger charge is 2.39. The fraction of sp³-hybridized carbons (Fsp3) is 0.533. The molecule has 1 amide bonds. The molecule has 1 heterocycles. The minimum atomic E-state index is -0.447. The van der Waals surface area contributed by atoms with E-state index in [0.717, 1.165) is 32.2 Å². The van der Waals surface area contributed by atoms with Crippen LogP contribution >= 0.6 is 0 Å². The summed E-state index contributed by atoms with van der Waals surface area (Å²) in [5.41, 5.74) is 0.756. The number of rotatable bonds is 4. The van der Waals surface area contributed by atoms with Crippen LogP contribution in [-0.2, 0) is 4.79 Å². The lowest BCUT2D eigenvalue weighted by atomic mass is 9.90. The van der Waals surface area contributed by atoms with Crippen LogP contribution in [0.1, 0.15) is 38.2 Å². The third-order valence-corrected chi connectivity index (χ3v) is 3.77. The third kappa shape index (κ3) is 2.95. The van der Waals surface area contributed by atoms with Crippen molar-refractivity contribution in [3.05, 3.63) is 29.6 Å². The molecule has 1 aliphatic rings. The van der Waals surface area contributed by atoms with Crippen molar-refractivity contribution >= 4 is 11.6 Å². The van der Waals surface area contributed by atoms with Gasteiger partial charge in [0.05, 0.1) is 5.54 Å². The number of hydrogen-bond acceptors (Lipinski definition) is 2. The van der Waals surface area contributed by atoms with Crippen molar-refractivity contribution in [3.63, 3.8) is 0 Å². The first kappa shape index (κ1) is 14.0. The summed E-state index contributed by atoms with van der Waals surface area (Å²) in [5, 5.41) is 6.24. The number of benzene rings is 1. The average molecular weight is 264 g/mol. The van der Waals surface area contributed by atoms with Crippen LogP contribution in [0.2, 0.25) is 0 Å². The van der Waals surface area contributed by atoms with Gasteiger partial charge < -0.3 is 10.6 Å². The molecule has 3 nitrogen and oxygen atoms in total. The molecule has 2 rings (SSSR count). The van der Waals surface area contributed by atoms with E-state index in [0.29, 0.717) is 11.3 Å². The maximum atomic E-state index is 13.2. The van der Waals surface area contributed by atoms with Crippen molar-refractivity contribution in [2.45, 2.75) is 45.1 Å². The Morgan fingerprint density at radius 2 is 2.32 bits per heavy atom. The molecule has 1 aromatic rings. The van der Waals surface area contributed by atoms with E-state index in [1.54, 1.807) is 19.1 Å². The predicted molar refractivity (Wildman–Crippen MR) is 74.6 cm³/mol. The number of anilines is 1. The molecule has 0 bridgehead atoms. The third-order valence-electron chi connectivity index (χ3n) is 3.77. The van der Waals surface area contributed by atoms with E-state index >= 15 is 0 Å². The first-order chi connectivity index (χ1) is 9.07. The minimum absolute atomic E-state index is 0.00198. The van der Waals surface area contributed by atoms with Gasteiger partial charge in [-0.2, -0.15) is 0 Å². The highest BCUT2D eigenvalue weighted by molar-refractivity contribution is 5.98. The SMILES string of the molecule is CCCC1(C(=O)Nc2ccc(F)c(C)c2)CCCN1. The van der Waals surface area contributed by atoms with Crippen LogP contribution in [0.5, 0.6) is 0 Å². The fourth-order valence-electron chi connectivity index (χ4n) is 2.73. The summed E-state index contributed by atoms with van der Waals surface area (Å²) >= 11 is 0. The van der Waals surface area contributed by atoms with E-state index in [1.165, 1.54) is 6.07 Å². The van der Waals surface area contributed by atoms with Gasteiger partial charge in [0, 0.05) is 5.69 Å². The summed E-state index contributed by atoms with van der Waals surface area (Å²) < 4.78 is 13.2. The Labute approximate surface area is 113 Å². The molecular weight excluding hydrogens is 243 g/mol. The number of amides is 1. The first-order valence-corrected chi connectivity index (χ1v) is 6.90. The molecule has 19 heavy (non-hydrogen) atoms. The molecular formula is C15H21FN2O. The number of carbonyl (C=O) groups excluding carboxylic acids is 1. The molecule has 4 heteroatoms. The highest BCUT2D eigenvalue weighted by atomic mass is 19.1. The smallest absolute Gasteiger partial charge is 0.244 e. The van der Waals surface area contributed by atoms with Gasteiger partial charge in [0.1, 0.15) is 5.82 Å². The van der Waals surface area contributed by atoms with Gasteiger partial charge in [-0.15, -0.1) is 0 Å². The van der Waals surface area contributed by atoms with Crippen molar-refractivity contribution in [2.75, 3.05) is 11.9 Å². The van der Waals surface area contributed by atoms with Gasteiger partial charge >= 0.3 is 0 Å². The second-order valence-electron chi connectivity index (χ2n) is 5.28. The van der Waals surface area contributed by atoms with E-state index in [4.69, 9.17) is 0 Å². The number of halogens is 1. The number of nitrogens with one attached hydrogen (secondary N) is 2. The molecule has 104 valence electrons. The van der Waals surface area contributed by atoms with Crippen molar-refractivity contribution in [1.82, 2.24) is 5.32 Å². The second kappa shape index (κ2) is 5.70. The number of aryl methyl sites for hydroxylation is 1. The average Bonchev–Trinajstić information content (AvgIpc) is 2.84. The van der Waals surface area contributed by atoms with Crippen LogP contribution in [0, 0.1) is 12.7 Å². The molecule has 1 aliphatic heterocycles. The molecule has 0 saturated carbocycles. The van der Waals surface area contributed by atoms with Gasteiger partial charge in [0.2, 0.25) is 5.91 Å². The zero-order valence-electron chi connectivity index (χ0n) is 11.6. The van der Waals surface area contributed by atoms with E-state index in [2.05, 4.69) is 17.6 Å². The van der Waals surface area contributed by atoms with Gasteiger partial charge in [0.25, 0.3) is 0 Å². The minimum Gasteiger partial charge on any atom is -0.324 e. The molecule has 0 radical (unpaired) electrons. The predicted octanol–water partition coefficient (Wildman–Crippen LogP) is 2.99. The molecule has 1 saturated heterocycles. The Morgan fingerprint density at radius 3 is 2.89 bits per heavy atom. The zero-order valence-corrected chi connectivity index (χ0v) is 11.6. The molecule has 1 aromatic carbocycles. The topological polar surface area (TPSA) is 41.1 Å². The van der Waals surface area contributed by atoms with Crippen LogP contribution < -0.4 is 10.6 Å². The maximum absolute atomic E-state index is 13.2. The highest BCUT2D eigenvalue weighted by Crippen LogP contribution is 2.26. The molecule has 1 atom stereocenters. The molecule has 0 spiro atoms. The number of hydrogen-bond donors (Lipinski definition) is 2. The molecule has 0 aliphatic carbocycles. The van der Waals surface area contributed by atoms with Gasteiger partial charge in [-0.1, -0.05) is 13.3 Å². The van der Waals surface area contributed by atoms with Gasteiger partial charge in [-0.25, -0.2) is 4.39 Å². The number of carbonyl (C=O) groups is 1. The monoisotopic (exact) mass is 264 g/mol. The van der Waals surface area contributed by atoms with Crippen LogP contribution in [0.15, 0.2) is 18.2 Å². The molecule has 0 aromatic heterocycles. The van der Waals surface area contributed by atoms with Crippen molar-refractivity contribution in [3.8, 4) is 0 Å². The Morgan fingerprint density at radius 1 is 1.53 bits per heavy atom. The lowest BCUT2D eigenvalue weighted by molar-refractivity contribution is -0.122. The first-order valence-electron chi connectivity index (χ1n) is 6.90. The largest absolute Gasteiger partial charge is 0.324 e. The Bertz CT molecular complexity index is 467. The van der Waals surface area contributed by atoms with Gasteiger partial charge in [-0.05, 0) is 56.5 Å². The van der Waals surface area contributed by atoms with Gasteiger partial charge in [0.15, 0.2) is 0 Å². The summed E-state index contributed by atoms with van der Waals surface area (Å²) in [7, 11) is 0. The molecule has 2 N–H and O–H groups in total. The van der Waals surface area contributed by atoms with Crippen molar-refractivity contribution < 1.29 is 9.18 Å². The van der Waals surface area contributed by atoms with Gasteiger partial charge in [-0.3, -0.25) is 4.79 Å². The van der Waals surface area contributed by atoms with Crippen molar-refractivity contribution in [2.24, 2.45) is 0 Å². The maximum Gasteiger partial charge on any atom is 0.244 e. The Hall–Kier alpha value is -1.42. The lowest BCUT2D eigenvalue weighted by Crippen LogP contribution is -2.50. The normalized spacial score (nSPS) is 22.5. The van der Waals surface area contributed by atoms with E-state index in [1.807, 2.05) is 0 Å². The van der Waals surface area contributed by atoms with E-state index in [9.17, 15) is 9.18 Å². The van der Waals surface area contributed by atoms with E-state index < -0.39 is 5.54 Å². The fourth-order valence-corrected chi connectivity index (χ4v) is 2.73. The second-order valence-corrected chi connectivity index (χ2v) is 5.28. The summed E-state index contributed by atoms with van der Waals surface area (Å²) in [4.78, 5) is 12.5. The van der Waals surface area contributed by atoms with Crippen LogP contribution in [-0.4, -0.2) is 18.0 Å². The van der Waals surface area contributed by atoms with E-state index in [-0.39, 0.29) is 11.7 Å². The summed E-state index contributed by atoms with van der Waals surface area (Å²) in [6.07, 6.45) is 3.69. The summed E-state index contributed by atoms with van der Waals surface area (Å²) in [6, 6.07) is 4.66. The molecule has 1 fully saturated rings. The summed E-state index contributed by atoms with van der Waals surface area (Å²) in [6.45, 7) is 4.66. The zero-order chi connectivity index (χ0) is 13.9. The molecule has 1 unspecified atom stereocenters. The standard InChI is InChI=1S/C15H21FN2O/c1-3-7-15(8-4-9-17-15)14(19)18-12-5-6-13(16)11(2)10-12/h5-6,10,17H,3-4,7-9H2,1-2H3,(H,18,19). The Kier molecular flexibility index (Phi) is 4.20. The Balaban J connectivity index is 2.12. The van der Waals surface area contributed by atoms with Crippen LogP contribution in [0.3, 0.4) is 0 Å². The van der Waals surface area contributed by atoms with Crippen LogP contribution in [0.25, 0.3) is 0 Å². The lowest BCUT2D eigenvalue weighted by Gasteiger charge is -2.27. The van der Waals surface area contributed by atoms with Crippen molar-refractivity contribution in [1.29, 1.82) is 0 Å². The summed E-state index contributed by atoms with van der Waals surface area (Å²) in [5.74, 6) is -0.252. The quantitative estimate of drug-likeness (QED) is 0.877. The van der Waals surface area contributed by atoms with Crippen LogP contribution in [0.4, 0.5) is 10.1 Å².